The van der Waals surface area contributed by atoms with E-state index in [1.165, 1.54) is 20.3 Å². The van der Waals surface area contributed by atoms with Crippen molar-refractivity contribution in [3.05, 3.63) is 21.9 Å². The lowest BCUT2D eigenvalue weighted by Crippen LogP contribution is -2.17. The predicted molar refractivity (Wildman–Crippen MR) is 61.2 cm³/mol. The average molecular weight is 294 g/mol. The average Bonchev–Trinajstić information content (AvgIpc) is 2.27. The molecule has 4 nitrogen and oxygen atoms in total. The van der Waals surface area contributed by atoms with Crippen LogP contribution >= 0.6 is 15.9 Å². The third-order valence-corrected chi connectivity index (χ3v) is 2.74. The Hall–Kier alpha value is -0.850. The minimum atomic E-state index is -0.850. The van der Waals surface area contributed by atoms with Crippen LogP contribution in [-0.4, -0.2) is 25.9 Å². The highest BCUT2D eigenvalue weighted by atomic mass is 79.9. The highest BCUT2D eigenvalue weighted by Gasteiger charge is 2.23. The third kappa shape index (κ3) is 2.28. The zero-order chi connectivity index (χ0) is 12.3. The molecule has 1 unspecified atom stereocenters. The lowest BCUT2D eigenvalue weighted by atomic mass is 10.1. The molecule has 1 aromatic rings. The van der Waals surface area contributed by atoms with Gasteiger partial charge in [-0.15, -0.1) is 0 Å². The molecule has 0 spiro atoms. The Balaban J connectivity index is 3.45. The van der Waals surface area contributed by atoms with E-state index in [9.17, 15) is 4.39 Å². The standard InChI is InChI=1S/C10H13BrFNO3/c1-15-9-5(11)3-6(12)8(7(13)4-14)10(9)16-2/h3,7,14H,4,13H2,1-2H3. The van der Waals surface area contributed by atoms with Crippen molar-refractivity contribution in [2.24, 2.45) is 5.73 Å². The normalized spacial score (nSPS) is 12.4. The van der Waals surface area contributed by atoms with Gasteiger partial charge in [-0.1, -0.05) is 0 Å². The maximum absolute atomic E-state index is 13.7. The molecule has 0 bridgehead atoms. The van der Waals surface area contributed by atoms with E-state index in [0.717, 1.165) is 0 Å². The summed E-state index contributed by atoms with van der Waals surface area (Å²) < 4.78 is 24.3. The first-order chi connectivity index (χ1) is 7.56. The number of rotatable bonds is 4. The van der Waals surface area contributed by atoms with Crippen LogP contribution in [0.1, 0.15) is 11.6 Å². The molecule has 0 aliphatic rings. The zero-order valence-electron chi connectivity index (χ0n) is 8.96. The van der Waals surface area contributed by atoms with E-state index in [2.05, 4.69) is 15.9 Å². The molecular weight excluding hydrogens is 281 g/mol. The highest BCUT2D eigenvalue weighted by molar-refractivity contribution is 9.10. The summed E-state index contributed by atoms with van der Waals surface area (Å²) in [5.74, 6) is -0.00944. The van der Waals surface area contributed by atoms with E-state index in [1.807, 2.05) is 0 Å². The number of aliphatic hydroxyl groups is 1. The van der Waals surface area contributed by atoms with Gasteiger partial charge in [0.2, 0.25) is 0 Å². The van der Waals surface area contributed by atoms with Crippen molar-refractivity contribution in [1.82, 2.24) is 0 Å². The number of methoxy groups -OCH3 is 2. The fourth-order valence-corrected chi connectivity index (χ4v) is 1.97. The van der Waals surface area contributed by atoms with Crippen molar-refractivity contribution in [3.8, 4) is 11.5 Å². The quantitative estimate of drug-likeness (QED) is 0.885. The van der Waals surface area contributed by atoms with Crippen LogP contribution in [0.5, 0.6) is 11.5 Å². The Kier molecular flexibility index (Phi) is 4.52. The van der Waals surface area contributed by atoms with Crippen LogP contribution in [0.2, 0.25) is 0 Å². The number of hydrogen-bond donors (Lipinski definition) is 2. The Morgan fingerprint density at radius 2 is 2.00 bits per heavy atom. The fraction of sp³-hybridized carbons (Fsp3) is 0.400. The third-order valence-electron chi connectivity index (χ3n) is 2.15. The molecule has 0 heterocycles. The van der Waals surface area contributed by atoms with Gasteiger partial charge in [0.25, 0.3) is 0 Å². The molecular formula is C10H13BrFNO3. The van der Waals surface area contributed by atoms with Crippen molar-refractivity contribution in [3.63, 3.8) is 0 Å². The van der Waals surface area contributed by atoms with Gasteiger partial charge in [0, 0.05) is 0 Å². The van der Waals surface area contributed by atoms with Crippen LogP contribution in [0.15, 0.2) is 10.5 Å². The lowest BCUT2D eigenvalue weighted by molar-refractivity contribution is 0.259. The monoisotopic (exact) mass is 293 g/mol. The van der Waals surface area contributed by atoms with Crippen LogP contribution in [0.3, 0.4) is 0 Å². The smallest absolute Gasteiger partial charge is 0.175 e. The Morgan fingerprint density at radius 1 is 1.44 bits per heavy atom. The Bertz CT molecular complexity index is 387. The van der Waals surface area contributed by atoms with Gasteiger partial charge in [-0.2, -0.15) is 0 Å². The van der Waals surface area contributed by atoms with Gasteiger partial charge < -0.3 is 20.3 Å². The molecule has 1 atom stereocenters. The number of hydrogen-bond acceptors (Lipinski definition) is 4. The van der Waals surface area contributed by atoms with E-state index >= 15 is 0 Å². The van der Waals surface area contributed by atoms with Crippen molar-refractivity contribution in [2.45, 2.75) is 6.04 Å². The first kappa shape index (κ1) is 13.2. The van der Waals surface area contributed by atoms with E-state index in [1.54, 1.807) is 0 Å². The van der Waals surface area contributed by atoms with Crippen molar-refractivity contribution >= 4 is 15.9 Å². The van der Waals surface area contributed by atoms with Gasteiger partial charge in [0.1, 0.15) is 5.82 Å². The van der Waals surface area contributed by atoms with Crippen LogP contribution in [-0.2, 0) is 0 Å². The topological polar surface area (TPSA) is 64.7 Å². The summed E-state index contributed by atoms with van der Waals surface area (Å²) >= 11 is 3.16. The molecule has 0 radical (unpaired) electrons. The Labute approximate surface area is 101 Å². The van der Waals surface area contributed by atoms with E-state index in [4.69, 9.17) is 20.3 Å². The van der Waals surface area contributed by atoms with Crippen LogP contribution in [0, 0.1) is 5.82 Å². The SMILES string of the molecule is COc1c(Br)cc(F)c(C(N)CO)c1OC. The van der Waals surface area contributed by atoms with Gasteiger partial charge in [-0.05, 0) is 22.0 Å². The largest absolute Gasteiger partial charge is 0.492 e. The molecule has 16 heavy (non-hydrogen) atoms. The van der Waals surface area contributed by atoms with Crippen molar-refractivity contribution < 1.29 is 19.0 Å². The summed E-state index contributed by atoms with van der Waals surface area (Å²) in [5.41, 5.74) is 5.71. The number of benzene rings is 1. The first-order valence-corrected chi connectivity index (χ1v) is 5.32. The molecule has 1 aromatic carbocycles. The van der Waals surface area contributed by atoms with Crippen molar-refractivity contribution in [2.75, 3.05) is 20.8 Å². The summed E-state index contributed by atoms with van der Waals surface area (Å²) in [6, 6.07) is 0.378. The number of nitrogens with two attached hydrogens (primary N) is 1. The number of ether oxygens (including phenoxy) is 2. The second-order valence-corrected chi connectivity index (χ2v) is 3.96. The maximum Gasteiger partial charge on any atom is 0.175 e. The number of aliphatic hydroxyl groups excluding tert-OH is 1. The molecule has 0 amide bonds. The molecule has 0 aromatic heterocycles. The van der Waals surface area contributed by atoms with Gasteiger partial charge in [0.05, 0.1) is 36.9 Å². The first-order valence-electron chi connectivity index (χ1n) is 4.53. The van der Waals surface area contributed by atoms with Crippen LogP contribution in [0.25, 0.3) is 0 Å². The van der Waals surface area contributed by atoms with Gasteiger partial charge in [-0.25, -0.2) is 4.39 Å². The zero-order valence-corrected chi connectivity index (χ0v) is 10.5. The molecule has 0 saturated heterocycles. The molecule has 1 rings (SSSR count). The maximum atomic E-state index is 13.7. The molecule has 0 saturated carbocycles. The molecule has 3 N–H and O–H groups in total. The van der Waals surface area contributed by atoms with E-state index in [-0.39, 0.29) is 17.9 Å². The molecule has 0 fully saturated rings. The minimum Gasteiger partial charge on any atom is -0.492 e. The molecule has 6 heteroatoms. The van der Waals surface area contributed by atoms with E-state index < -0.39 is 11.9 Å². The fourth-order valence-electron chi connectivity index (χ4n) is 1.42. The van der Waals surface area contributed by atoms with Gasteiger partial charge in [0.15, 0.2) is 11.5 Å². The van der Waals surface area contributed by atoms with Crippen LogP contribution in [0.4, 0.5) is 4.39 Å². The summed E-state index contributed by atoms with van der Waals surface area (Å²) in [7, 11) is 2.83. The second kappa shape index (κ2) is 5.47. The minimum absolute atomic E-state index is 0.102. The summed E-state index contributed by atoms with van der Waals surface area (Å²) in [6.07, 6.45) is 0. The predicted octanol–water partition coefficient (Wildman–Crippen LogP) is 1.60. The molecule has 90 valence electrons. The summed E-state index contributed by atoms with van der Waals surface area (Å²) in [5, 5.41) is 8.97. The van der Waals surface area contributed by atoms with Crippen molar-refractivity contribution in [1.29, 1.82) is 0 Å². The molecule has 0 aliphatic carbocycles. The second-order valence-electron chi connectivity index (χ2n) is 3.11. The van der Waals surface area contributed by atoms with Crippen LogP contribution < -0.4 is 15.2 Å². The van der Waals surface area contributed by atoms with Gasteiger partial charge in [-0.3, -0.25) is 0 Å². The van der Waals surface area contributed by atoms with Gasteiger partial charge >= 0.3 is 0 Å². The molecule has 0 aliphatic heterocycles. The summed E-state index contributed by atoms with van der Waals surface area (Å²) in [6.45, 7) is -0.377. The van der Waals surface area contributed by atoms with E-state index in [0.29, 0.717) is 10.2 Å². The number of halogens is 2. The summed E-state index contributed by atoms with van der Waals surface area (Å²) in [4.78, 5) is 0. The highest BCUT2D eigenvalue weighted by Crippen LogP contribution is 2.41. The lowest BCUT2D eigenvalue weighted by Gasteiger charge is -2.18. The Morgan fingerprint density at radius 3 is 2.44 bits per heavy atom.